The fourth-order valence-electron chi connectivity index (χ4n) is 4.61. The van der Waals surface area contributed by atoms with E-state index in [1.54, 1.807) is 61.7 Å². The van der Waals surface area contributed by atoms with Gasteiger partial charge < -0.3 is 19.3 Å². The molecule has 0 spiro atoms. The summed E-state index contributed by atoms with van der Waals surface area (Å²) in [6.45, 7) is 0.769. The number of hydrogen-bond acceptors (Lipinski definition) is 10. The average molecular weight is 643 g/mol. The number of carbonyl (C=O) groups is 2. The number of aliphatic hydroxyl groups is 1. The van der Waals surface area contributed by atoms with Crippen LogP contribution in [0.2, 0.25) is 10.0 Å². The zero-order valence-corrected chi connectivity index (χ0v) is 25.0. The van der Waals surface area contributed by atoms with Gasteiger partial charge in [-0.1, -0.05) is 64.5 Å². The number of methoxy groups -OCH3 is 1. The Bertz CT molecular complexity index is 1730. The topological polar surface area (TPSA) is 111 Å². The predicted molar refractivity (Wildman–Crippen MR) is 161 cm³/mol. The third-order valence-electron chi connectivity index (χ3n) is 6.66. The molecule has 2 aliphatic heterocycles. The molecule has 6 rings (SSSR count). The molecular formula is C29H21Cl2N3O6S2. The number of fused-ring (bicyclic) bond motifs is 1. The lowest BCUT2D eigenvalue weighted by molar-refractivity contribution is -0.132. The number of carbonyl (C=O) groups excluding carboxylic acids is 2. The van der Waals surface area contributed by atoms with Crippen molar-refractivity contribution >= 4 is 68.9 Å². The highest BCUT2D eigenvalue weighted by Crippen LogP contribution is 2.45. The summed E-state index contributed by atoms with van der Waals surface area (Å²) in [5.41, 5.74) is 1.66. The normalized spacial score (nSPS) is 17.5. The SMILES string of the molecule is COc1ccc([C@@H]2/C(=C(\O)c3ccc4c(c3)OCCO4)C(=O)C(=O)N2c2nnc(SCc3ccc(Cl)cc3Cl)s2)cc1. The maximum absolute atomic E-state index is 13.5. The van der Waals surface area contributed by atoms with Crippen molar-refractivity contribution in [1.82, 2.24) is 10.2 Å². The fraction of sp³-hybridized carbons (Fsp3) is 0.172. The maximum atomic E-state index is 13.5. The molecule has 0 saturated carbocycles. The molecule has 1 fully saturated rings. The van der Waals surface area contributed by atoms with Crippen LogP contribution in [0.3, 0.4) is 0 Å². The molecule has 1 amide bonds. The Morgan fingerprint density at radius 1 is 1.05 bits per heavy atom. The number of rotatable bonds is 7. The Balaban J connectivity index is 1.38. The van der Waals surface area contributed by atoms with E-state index in [4.69, 9.17) is 37.4 Å². The van der Waals surface area contributed by atoms with Gasteiger partial charge in [0.15, 0.2) is 15.8 Å². The summed E-state index contributed by atoms with van der Waals surface area (Å²) >= 11 is 14.9. The van der Waals surface area contributed by atoms with Crippen LogP contribution in [0.15, 0.2) is 70.6 Å². The lowest BCUT2D eigenvalue weighted by atomic mass is 9.95. The molecule has 13 heteroatoms. The number of Topliss-reactive ketones (excluding diaryl/α,β-unsaturated/α-hetero) is 1. The molecule has 0 aliphatic carbocycles. The number of nitrogens with zero attached hydrogens (tertiary/aromatic N) is 3. The molecule has 42 heavy (non-hydrogen) atoms. The Morgan fingerprint density at radius 3 is 2.55 bits per heavy atom. The Hall–Kier alpha value is -3.77. The summed E-state index contributed by atoms with van der Waals surface area (Å²) in [6.07, 6.45) is 0. The third-order valence-corrected chi connectivity index (χ3v) is 9.35. The molecule has 1 saturated heterocycles. The first-order valence-corrected chi connectivity index (χ1v) is 15.1. The summed E-state index contributed by atoms with van der Waals surface area (Å²) in [6, 6.07) is 16.0. The van der Waals surface area contributed by atoms with E-state index in [2.05, 4.69) is 10.2 Å². The van der Waals surface area contributed by atoms with Crippen LogP contribution in [0.5, 0.6) is 17.2 Å². The van der Waals surface area contributed by atoms with Gasteiger partial charge in [0.2, 0.25) is 5.13 Å². The van der Waals surface area contributed by atoms with Gasteiger partial charge in [-0.25, -0.2) is 0 Å². The molecule has 0 unspecified atom stereocenters. The highest BCUT2D eigenvalue weighted by Gasteiger charge is 2.48. The quantitative estimate of drug-likeness (QED) is 0.0790. The van der Waals surface area contributed by atoms with E-state index < -0.39 is 17.7 Å². The van der Waals surface area contributed by atoms with Gasteiger partial charge in [-0.05, 0) is 53.6 Å². The number of ketones is 1. The van der Waals surface area contributed by atoms with Crippen molar-refractivity contribution in [2.24, 2.45) is 0 Å². The number of aliphatic hydroxyl groups excluding tert-OH is 1. The molecule has 1 aromatic heterocycles. The number of hydrogen-bond donors (Lipinski definition) is 1. The van der Waals surface area contributed by atoms with Crippen LogP contribution < -0.4 is 19.1 Å². The summed E-state index contributed by atoms with van der Waals surface area (Å²) in [5.74, 6) is 0.0399. The zero-order chi connectivity index (χ0) is 29.4. The molecule has 3 heterocycles. The molecule has 4 aromatic rings. The van der Waals surface area contributed by atoms with Gasteiger partial charge in [0, 0.05) is 21.4 Å². The highest BCUT2D eigenvalue weighted by molar-refractivity contribution is 8.00. The minimum atomic E-state index is -0.972. The van der Waals surface area contributed by atoms with Crippen LogP contribution in [0.1, 0.15) is 22.7 Å². The lowest BCUT2D eigenvalue weighted by Gasteiger charge is -2.23. The molecule has 3 aromatic carbocycles. The molecule has 2 aliphatic rings. The van der Waals surface area contributed by atoms with Gasteiger partial charge in [-0.2, -0.15) is 0 Å². The van der Waals surface area contributed by atoms with Crippen molar-refractivity contribution in [2.45, 2.75) is 16.1 Å². The first kappa shape index (κ1) is 28.4. The van der Waals surface area contributed by atoms with Gasteiger partial charge in [-0.15, -0.1) is 10.2 Å². The van der Waals surface area contributed by atoms with E-state index in [9.17, 15) is 14.7 Å². The summed E-state index contributed by atoms with van der Waals surface area (Å²) in [7, 11) is 1.54. The Labute approximate surface area is 258 Å². The molecule has 214 valence electrons. The monoisotopic (exact) mass is 641 g/mol. The Kier molecular flexibility index (Phi) is 8.00. The van der Waals surface area contributed by atoms with Gasteiger partial charge >= 0.3 is 5.91 Å². The van der Waals surface area contributed by atoms with E-state index in [1.165, 1.54) is 16.7 Å². The maximum Gasteiger partial charge on any atom is 0.301 e. The molecule has 0 bridgehead atoms. The third kappa shape index (κ3) is 5.40. The second-order valence-corrected chi connectivity index (χ2v) is 12.2. The van der Waals surface area contributed by atoms with Crippen LogP contribution in [-0.4, -0.2) is 47.3 Å². The van der Waals surface area contributed by atoms with Gasteiger partial charge in [-0.3, -0.25) is 14.5 Å². The Morgan fingerprint density at radius 2 is 1.81 bits per heavy atom. The van der Waals surface area contributed by atoms with Crippen molar-refractivity contribution in [3.05, 3.63) is 93.0 Å². The van der Waals surface area contributed by atoms with Crippen LogP contribution >= 0.6 is 46.3 Å². The largest absolute Gasteiger partial charge is 0.507 e. The fourth-order valence-corrected chi connectivity index (χ4v) is 7.04. The predicted octanol–water partition coefficient (Wildman–Crippen LogP) is 6.54. The molecule has 1 atom stereocenters. The molecule has 9 nitrogen and oxygen atoms in total. The van der Waals surface area contributed by atoms with Crippen molar-refractivity contribution in [3.63, 3.8) is 0 Å². The number of halogens is 2. The first-order chi connectivity index (χ1) is 20.3. The summed E-state index contributed by atoms with van der Waals surface area (Å²) < 4.78 is 17.1. The smallest absolute Gasteiger partial charge is 0.301 e. The van der Waals surface area contributed by atoms with E-state index in [1.807, 2.05) is 6.07 Å². The van der Waals surface area contributed by atoms with Crippen LogP contribution in [0.25, 0.3) is 5.76 Å². The van der Waals surface area contributed by atoms with Crippen LogP contribution in [-0.2, 0) is 15.3 Å². The minimum absolute atomic E-state index is 0.0841. The number of benzene rings is 3. The second kappa shape index (κ2) is 11.8. The van der Waals surface area contributed by atoms with Crippen molar-refractivity contribution in [3.8, 4) is 17.2 Å². The lowest BCUT2D eigenvalue weighted by Crippen LogP contribution is -2.29. The standard InChI is InChI=1S/C29H21Cl2N3O6S2/c1-38-19-7-3-15(4-8-19)24-23(25(35)16-5-9-21-22(12-16)40-11-10-39-21)26(36)27(37)34(24)28-32-33-29(42-28)41-14-17-2-6-18(30)13-20(17)31/h2-9,12-13,24,35H,10-11,14H2,1H3/b25-23+/t24-/m1/s1. The minimum Gasteiger partial charge on any atom is -0.507 e. The first-order valence-electron chi connectivity index (χ1n) is 12.6. The van der Waals surface area contributed by atoms with E-state index >= 15 is 0 Å². The van der Waals surface area contributed by atoms with Crippen molar-refractivity contribution < 1.29 is 28.9 Å². The van der Waals surface area contributed by atoms with Gasteiger partial charge in [0.1, 0.15) is 24.7 Å². The number of amides is 1. The summed E-state index contributed by atoms with van der Waals surface area (Å²) in [4.78, 5) is 28.3. The molecule has 0 radical (unpaired) electrons. The van der Waals surface area contributed by atoms with E-state index in [0.717, 1.165) is 16.9 Å². The van der Waals surface area contributed by atoms with Crippen molar-refractivity contribution in [1.29, 1.82) is 0 Å². The van der Waals surface area contributed by atoms with Gasteiger partial charge in [0.05, 0.1) is 18.7 Å². The number of ether oxygens (including phenoxy) is 3. The summed E-state index contributed by atoms with van der Waals surface area (Å²) in [5, 5.41) is 21.2. The van der Waals surface area contributed by atoms with Crippen LogP contribution in [0.4, 0.5) is 5.13 Å². The van der Waals surface area contributed by atoms with Gasteiger partial charge in [0.25, 0.3) is 5.78 Å². The number of anilines is 1. The average Bonchev–Trinajstić information content (AvgIpc) is 3.57. The number of aromatic nitrogens is 2. The molecular weight excluding hydrogens is 621 g/mol. The molecule has 1 N–H and O–H groups in total. The van der Waals surface area contributed by atoms with Crippen LogP contribution in [0, 0.1) is 0 Å². The van der Waals surface area contributed by atoms with E-state index in [-0.39, 0.29) is 16.5 Å². The second-order valence-electron chi connectivity index (χ2n) is 9.18. The highest BCUT2D eigenvalue weighted by atomic mass is 35.5. The number of thioether (sulfide) groups is 1. The zero-order valence-electron chi connectivity index (χ0n) is 21.9. The van der Waals surface area contributed by atoms with Crippen molar-refractivity contribution in [2.75, 3.05) is 25.2 Å². The van der Waals surface area contributed by atoms with E-state index in [0.29, 0.717) is 61.7 Å².